The van der Waals surface area contributed by atoms with Crippen molar-refractivity contribution in [2.75, 3.05) is 0 Å². The maximum absolute atomic E-state index is 12.9. The molecule has 0 saturated heterocycles. The van der Waals surface area contributed by atoms with E-state index in [9.17, 15) is 18.3 Å². The van der Waals surface area contributed by atoms with E-state index in [4.69, 9.17) is 0 Å². The highest BCUT2D eigenvalue weighted by Gasteiger charge is 2.42. The molecule has 1 N–H and O–H groups in total. The van der Waals surface area contributed by atoms with E-state index in [0.29, 0.717) is 0 Å². The summed E-state index contributed by atoms with van der Waals surface area (Å²) in [5.74, 6) is -2.00. The molecule has 0 bridgehead atoms. The molecule has 0 amide bonds. The number of rotatable bonds is 3. The second kappa shape index (κ2) is 6.09. The predicted molar refractivity (Wildman–Crippen MR) is 90.1 cm³/mol. The van der Waals surface area contributed by atoms with Crippen molar-refractivity contribution in [1.29, 1.82) is 0 Å². The van der Waals surface area contributed by atoms with Crippen LogP contribution in [0.4, 0.5) is 0 Å². The first kappa shape index (κ1) is 16.2. The largest absolute Gasteiger partial charge is 0.481 e. The summed E-state index contributed by atoms with van der Waals surface area (Å²) in [6.07, 6.45) is 0.470. The average molecular weight is 395 g/mol. The van der Waals surface area contributed by atoms with Gasteiger partial charge in [0.1, 0.15) is 0 Å². The van der Waals surface area contributed by atoms with Crippen molar-refractivity contribution < 1.29 is 18.3 Å². The molecule has 1 aliphatic rings. The Balaban J connectivity index is 2.05. The maximum Gasteiger partial charge on any atom is 0.308 e. The number of carbonyl (C=O) groups is 1. The van der Waals surface area contributed by atoms with Crippen molar-refractivity contribution in [1.82, 2.24) is 0 Å². The van der Waals surface area contributed by atoms with E-state index in [-0.39, 0.29) is 17.7 Å². The SMILES string of the molecule is O=C(O)[C@H]1Cc2ccccc2CC1S(=O)(=O)c1ccc(Br)cc1. The van der Waals surface area contributed by atoms with Crippen LogP contribution in [0.15, 0.2) is 57.9 Å². The van der Waals surface area contributed by atoms with Gasteiger partial charge in [0.25, 0.3) is 0 Å². The van der Waals surface area contributed by atoms with E-state index in [1.807, 2.05) is 24.3 Å². The van der Waals surface area contributed by atoms with Crippen molar-refractivity contribution in [2.24, 2.45) is 5.92 Å². The van der Waals surface area contributed by atoms with Gasteiger partial charge in [0, 0.05) is 4.47 Å². The number of benzene rings is 2. The van der Waals surface area contributed by atoms with Gasteiger partial charge in [-0.3, -0.25) is 4.79 Å². The molecule has 0 saturated carbocycles. The van der Waals surface area contributed by atoms with Crippen LogP contribution in [-0.2, 0) is 27.5 Å². The van der Waals surface area contributed by atoms with Crippen LogP contribution in [0.5, 0.6) is 0 Å². The predicted octanol–water partition coefficient (Wildman–Crippen LogP) is 3.09. The number of fused-ring (bicyclic) bond motifs is 1. The third kappa shape index (κ3) is 3.05. The van der Waals surface area contributed by atoms with Crippen molar-refractivity contribution in [2.45, 2.75) is 23.0 Å². The van der Waals surface area contributed by atoms with Crippen LogP contribution in [0.25, 0.3) is 0 Å². The summed E-state index contributed by atoms with van der Waals surface area (Å²) >= 11 is 3.28. The van der Waals surface area contributed by atoms with Gasteiger partial charge in [0.2, 0.25) is 0 Å². The highest BCUT2D eigenvalue weighted by molar-refractivity contribution is 9.10. The third-order valence-corrected chi connectivity index (χ3v) is 7.04. The van der Waals surface area contributed by atoms with Gasteiger partial charge in [-0.1, -0.05) is 40.2 Å². The zero-order valence-corrected chi connectivity index (χ0v) is 14.5. The van der Waals surface area contributed by atoms with E-state index in [2.05, 4.69) is 15.9 Å². The number of halogens is 1. The number of carboxylic acids is 1. The second-order valence-corrected chi connectivity index (χ2v) is 8.74. The van der Waals surface area contributed by atoms with Crippen molar-refractivity contribution in [3.05, 3.63) is 64.1 Å². The summed E-state index contributed by atoms with van der Waals surface area (Å²) in [6.45, 7) is 0. The Hall–Kier alpha value is -1.66. The molecule has 0 radical (unpaired) electrons. The maximum atomic E-state index is 12.9. The fraction of sp³-hybridized carbons (Fsp3) is 0.235. The Kier molecular flexibility index (Phi) is 4.29. The lowest BCUT2D eigenvalue weighted by atomic mass is 9.83. The Morgan fingerprint density at radius 2 is 1.57 bits per heavy atom. The van der Waals surface area contributed by atoms with Crippen LogP contribution in [0.1, 0.15) is 11.1 Å². The van der Waals surface area contributed by atoms with Crippen molar-refractivity contribution >= 4 is 31.7 Å². The quantitative estimate of drug-likeness (QED) is 0.867. The molecule has 0 aromatic heterocycles. The number of carboxylic acid groups (broad SMARTS) is 1. The minimum absolute atomic E-state index is 0.163. The Morgan fingerprint density at radius 1 is 1.00 bits per heavy atom. The molecular weight excluding hydrogens is 380 g/mol. The fourth-order valence-electron chi connectivity index (χ4n) is 3.05. The summed E-state index contributed by atoms with van der Waals surface area (Å²) in [6, 6.07) is 13.8. The molecule has 0 aliphatic heterocycles. The molecule has 3 rings (SSSR count). The van der Waals surface area contributed by atoms with Crippen molar-refractivity contribution in [3.8, 4) is 0 Å². The van der Waals surface area contributed by atoms with Gasteiger partial charge in [0.15, 0.2) is 9.84 Å². The molecule has 4 nitrogen and oxygen atoms in total. The molecule has 1 aliphatic carbocycles. The van der Waals surface area contributed by atoms with Crippen LogP contribution >= 0.6 is 15.9 Å². The molecular formula is C17H15BrO4S. The Bertz CT molecular complexity index is 843. The summed E-state index contributed by atoms with van der Waals surface area (Å²) in [7, 11) is -3.72. The van der Waals surface area contributed by atoms with E-state index < -0.39 is 27.0 Å². The molecule has 2 atom stereocenters. The van der Waals surface area contributed by atoms with E-state index in [0.717, 1.165) is 15.6 Å². The number of hydrogen-bond donors (Lipinski definition) is 1. The molecule has 1 unspecified atom stereocenters. The van der Waals surface area contributed by atoms with Gasteiger partial charge in [-0.15, -0.1) is 0 Å². The van der Waals surface area contributed by atoms with E-state index >= 15 is 0 Å². The number of aliphatic carboxylic acids is 1. The first-order valence-corrected chi connectivity index (χ1v) is 9.52. The van der Waals surface area contributed by atoms with Gasteiger partial charge in [-0.2, -0.15) is 0 Å². The Labute approximate surface area is 143 Å². The van der Waals surface area contributed by atoms with Gasteiger partial charge in [-0.25, -0.2) is 8.42 Å². The topological polar surface area (TPSA) is 71.4 Å². The van der Waals surface area contributed by atoms with Crippen LogP contribution < -0.4 is 0 Å². The Morgan fingerprint density at radius 3 is 2.13 bits per heavy atom. The average Bonchev–Trinajstić information content (AvgIpc) is 2.54. The molecule has 2 aromatic rings. The first-order valence-electron chi connectivity index (χ1n) is 7.18. The van der Waals surface area contributed by atoms with Gasteiger partial charge < -0.3 is 5.11 Å². The van der Waals surface area contributed by atoms with Crippen LogP contribution in [0.2, 0.25) is 0 Å². The van der Waals surface area contributed by atoms with Crippen LogP contribution in [0.3, 0.4) is 0 Å². The standard InChI is InChI=1S/C17H15BrO4S/c18-13-5-7-14(8-6-13)23(21,22)16-10-12-4-2-1-3-11(12)9-15(16)17(19)20/h1-8,15-16H,9-10H2,(H,19,20)/t15-,16?/m0/s1. The van der Waals surface area contributed by atoms with Crippen LogP contribution in [0, 0.1) is 5.92 Å². The fourth-order valence-corrected chi connectivity index (χ4v) is 5.23. The first-order chi connectivity index (χ1) is 10.9. The molecule has 0 fully saturated rings. The van der Waals surface area contributed by atoms with Crippen molar-refractivity contribution in [3.63, 3.8) is 0 Å². The van der Waals surface area contributed by atoms with E-state index in [1.165, 1.54) is 12.1 Å². The minimum atomic E-state index is -3.72. The summed E-state index contributed by atoms with van der Waals surface area (Å²) < 4.78 is 26.7. The molecule has 6 heteroatoms. The minimum Gasteiger partial charge on any atom is -0.481 e. The van der Waals surface area contributed by atoms with Gasteiger partial charge in [0.05, 0.1) is 16.1 Å². The van der Waals surface area contributed by atoms with Gasteiger partial charge in [-0.05, 0) is 48.2 Å². The highest BCUT2D eigenvalue weighted by atomic mass is 79.9. The summed E-state index contributed by atoms with van der Waals surface area (Å²) in [5, 5.41) is 8.57. The molecule has 2 aromatic carbocycles. The smallest absolute Gasteiger partial charge is 0.308 e. The lowest BCUT2D eigenvalue weighted by Gasteiger charge is -2.30. The number of sulfone groups is 1. The highest BCUT2D eigenvalue weighted by Crippen LogP contribution is 2.33. The summed E-state index contributed by atoms with van der Waals surface area (Å²) in [5.41, 5.74) is 1.83. The third-order valence-electron chi connectivity index (χ3n) is 4.29. The molecule has 0 heterocycles. The molecule has 0 spiro atoms. The molecule has 23 heavy (non-hydrogen) atoms. The molecule has 120 valence electrons. The normalized spacial score (nSPS) is 20.7. The lowest BCUT2D eigenvalue weighted by molar-refractivity contribution is -0.141. The summed E-state index contributed by atoms with van der Waals surface area (Å²) in [4.78, 5) is 11.8. The zero-order valence-electron chi connectivity index (χ0n) is 12.1. The van der Waals surface area contributed by atoms with Gasteiger partial charge >= 0.3 is 5.97 Å². The zero-order chi connectivity index (χ0) is 16.6. The monoisotopic (exact) mass is 394 g/mol. The van der Waals surface area contributed by atoms with Crippen LogP contribution in [-0.4, -0.2) is 24.7 Å². The lowest BCUT2D eigenvalue weighted by Crippen LogP contribution is -2.41. The number of hydrogen-bond acceptors (Lipinski definition) is 3. The second-order valence-electron chi connectivity index (χ2n) is 5.66. The van der Waals surface area contributed by atoms with E-state index in [1.54, 1.807) is 12.1 Å².